The number of esters is 2. The second-order valence-electron chi connectivity index (χ2n) is 16.3. The number of amides is 5. The molecule has 1 saturated heterocycles. The predicted molar refractivity (Wildman–Crippen MR) is 220 cm³/mol. The molecule has 0 aromatic heterocycles. The van der Waals surface area contributed by atoms with E-state index in [1.54, 1.807) is 45.0 Å². The molecular weight excluding hydrogens is 775 g/mol. The van der Waals surface area contributed by atoms with Crippen LogP contribution in [0.1, 0.15) is 104 Å². The van der Waals surface area contributed by atoms with Gasteiger partial charge in [0.1, 0.15) is 48.5 Å². The van der Waals surface area contributed by atoms with Crippen LogP contribution in [-0.2, 0) is 60.9 Å². The van der Waals surface area contributed by atoms with Crippen molar-refractivity contribution in [3.8, 4) is 0 Å². The Labute approximate surface area is 352 Å². The van der Waals surface area contributed by atoms with Crippen LogP contribution in [0.3, 0.4) is 0 Å². The number of hydrogen-bond acceptors (Lipinski definition) is 11. The first-order valence-electron chi connectivity index (χ1n) is 20.8. The molecule has 0 radical (unpaired) electrons. The van der Waals surface area contributed by atoms with Gasteiger partial charge in [-0.3, -0.25) is 24.0 Å². The number of alkyl carbamates (subject to hydrolysis) is 1. The van der Waals surface area contributed by atoms with Crippen molar-refractivity contribution in [3.63, 3.8) is 0 Å². The zero-order chi connectivity index (χ0) is 43.7. The van der Waals surface area contributed by atoms with Crippen molar-refractivity contribution in [1.29, 1.82) is 0 Å². The summed E-state index contributed by atoms with van der Waals surface area (Å²) in [5.41, 5.74) is 0.791. The van der Waals surface area contributed by atoms with Crippen molar-refractivity contribution in [2.75, 3.05) is 13.2 Å². The van der Waals surface area contributed by atoms with Gasteiger partial charge in [-0.05, 0) is 90.7 Å². The SMILES string of the molecule is C[C@@H](NC(=O)[C@@H]1CCCN1C(=O)[C@@H](COCc1ccccc1)NC(=O)OC(C)(C)C)C(=O)N[C@@H](CCC(=O)OC1CCCCC1)C(=O)N[C@H](C)C(=O)OCc1ccccc1. The molecule has 2 fully saturated rings. The van der Waals surface area contributed by atoms with Gasteiger partial charge in [0.2, 0.25) is 23.6 Å². The van der Waals surface area contributed by atoms with Crippen molar-refractivity contribution < 1.29 is 52.5 Å². The molecule has 2 aromatic rings. The zero-order valence-electron chi connectivity index (χ0n) is 35.4. The van der Waals surface area contributed by atoms with Gasteiger partial charge >= 0.3 is 18.0 Å². The molecule has 328 valence electrons. The third-order valence-corrected chi connectivity index (χ3v) is 10.0. The zero-order valence-corrected chi connectivity index (χ0v) is 35.4. The average molecular weight is 836 g/mol. The predicted octanol–water partition coefficient (Wildman–Crippen LogP) is 3.98. The van der Waals surface area contributed by atoms with Crippen molar-refractivity contribution in [2.24, 2.45) is 0 Å². The molecule has 5 atom stereocenters. The molecule has 5 amide bonds. The number of benzene rings is 2. The molecule has 2 aliphatic rings. The fraction of sp³-hybridized carbons (Fsp3) is 0.568. The summed E-state index contributed by atoms with van der Waals surface area (Å²) in [6.45, 7) is 8.14. The first kappa shape index (κ1) is 47.2. The first-order chi connectivity index (χ1) is 28.6. The molecule has 4 N–H and O–H groups in total. The van der Waals surface area contributed by atoms with E-state index in [1.165, 1.54) is 18.7 Å². The summed E-state index contributed by atoms with van der Waals surface area (Å²) >= 11 is 0. The molecule has 1 saturated carbocycles. The topological polar surface area (TPSA) is 208 Å². The van der Waals surface area contributed by atoms with Gasteiger partial charge in [-0.15, -0.1) is 0 Å². The summed E-state index contributed by atoms with van der Waals surface area (Å²) in [6.07, 6.45) is 3.95. The standard InChI is InChI=1S/C44H61N5O11/c1-29(45-40(53)36-22-15-25-49(36)41(54)35(48-43(56)60-44(3,4)5)28-57-26-31-16-9-6-10-17-31)38(51)47-34(23-24-37(50)59-33-20-13-8-14-21-33)39(52)46-30(2)42(55)58-27-32-18-11-7-12-19-32/h6-7,9-12,16-19,29-30,33-36H,8,13-15,20-28H2,1-5H3,(H,45,53)(H,46,52)(H,47,51)(H,48,56)/t29-,30-,34+,35-,36+/m1/s1. The monoisotopic (exact) mass is 835 g/mol. The number of rotatable bonds is 19. The molecule has 60 heavy (non-hydrogen) atoms. The van der Waals surface area contributed by atoms with Crippen LogP contribution < -0.4 is 21.3 Å². The number of nitrogens with one attached hydrogen (secondary N) is 4. The van der Waals surface area contributed by atoms with E-state index in [1.807, 2.05) is 36.4 Å². The van der Waals surface area contributed by atoms with Crippen molar-refractivity contribution in [2.45, 2.75) is 148 Å². The first-order valence-corrected chi connectivity index (χ1v) is 20.8. The summed E-state index contributed by atoms with van der Waals surface area (Å²) in [5, 5.41) is 10.4. The Morgan fingerprint density at radius 2 is 1.35 bits per heavy atom. The lowest BCUT2D eigenvalue weighted by Crippen LogP contribution is -2.58. The summed E-state index contributed by atoms with van der Waals surface area (Å²) in [7, 11) is 0. The van der Waals surface area contributed by atoms with E-state index in [0.717, 1.165) is 43.2 Å². The molecular formula is C44H61N5O11. The Balaban J connectivity index is 1.38. The number of carbonyl (C=O) groups excluding carboxylic acids is 7. The van der Waals surface area contributed by atoms with Crippen molar-refractivity contribution >= 4 is 41.7 Å². The Morgan fingerprint density at radius 1 is 0.717 bits per heavy atom. The van der Waals surface area contributed by atoms with Gasteiger partial charge < -0.3 is 45.1 Å². The van der Waals surface area contributed by atoms with Crippen LogP contribution in [0.5, 0.6) is 0 Å². The van der Waals surface area contributed by atoms with E-state index in [2.05, 4.69) is 21.3 Å². The highest BCUT2D eigenvalue weighted by Gasteiger charge is 2.39. The maximum Gasteiger partial charge on any atom is 0.408 e. The molecule has 2 aromatic carbocycles. The Kier molecular flexibility index (Phi) is 18.3. The number of hydrogen-bond donors (Lipinski definition) is 4. The molecule has 1 heterocycles. The smallest absolute Gasteiger partial charge is 0.408 e. The van der Waals surface area contributed by atoms with Gasteiger partial charge in [0.05, 0.1) is 13.2 Å². The average Bonchev–Trinajstić information content (AvgIpc) is 3.71. The number of carbonyl (C=O) groups is 7. The molecule has 16 nitrogen and oxygen atoms in total. The van der Waals surface area contributed by atoms with Gasteiger partial charge in [0.25, 0.3) is 0 Å². The van der Waals surface area contributed by atoms with Crippen molar-refractivity contribution in [3.05, 3.63) is 71.8 Å². The minimum Gasteiger partial charge on any atom is -0.462 e. The second-order valence-corrected chi connectivity index (χ2v) is 16.3. The van der Waals surface area contributed by atoms with Crippen molar-refractivity contribution in [1.82, 2.24) is 26.2 Å². The van der Waals surface area contributed by atoms with Gasteiger partial charge in [-0.2, -0.15) is 0 Å². The van der Waals surface area contributed by atoms with E-state index in [9.17, 15) is 33.6 Å². The Bertz CT molecular complexity index is 1750. The quantitative estimate of drug-likeness (QED) is 0.118. The summed E-state index contributed by atoms with van der Waals surface area (Å²) in [4.78, 5) is 94.5. The van der Waals surface area contributed by atoms with Gasteiger partial charge in [-0.25, -0.2) is 9.59 Å². The van der Waals surface area contributed by atoms with Crippen LogP contribution in [-0.4, -0.2) is 102 Å². The normalized spacial score (nSPS) is 17.6. The highest BCUT2D eigenvalue weighted by Crippen LogP contribution is 2.22. The molecule has 0 spiro atoms. The third kappa shape index (κ3) is 15.9. The minimum atomic E-state index is -1.28. The van der Waals surface area contributed by atoms with Crippen LogP contribution in [0.25, 0.3) is 0 Å². The van der Waals surface area contributed by atoms with Crippen LogP contribution in [0.2, 0.25) is 0 Å². The maximum atomic E-state index is 13.9. The highest BCUT2D eigenvalue weighted by atomic mass is 16.6. The van der Waals surface area contributed by atoms with E-state index in [4.69, 9.17) is 18.9 Å². The second kappa shape index (κ2) is 23.3. The lowest BCUT2D eigenvalue weighted by atomic mass is 9.98. The van der Waals surface area contributed by atoms with E-state index in [-0.39, 0.29) is 45.3 Å². The largest absolute Gasteiger partial charge is 0.462 e. The maximum absolute atomic E-state index is 13.9. The molecule has 0 unspecified atom stereocenters. The minimum absolute atomic E-state index is 0.00274. The number of likely N-dealkylation sites (tertiary alicyclic amines) is 1. The fourth-order valence-corrected chi connectivity index (χ4v) is 6.85. The van der Waals surface area contributed by atoms with E-state index >= 15 is 0 Å². The van der Waals surface area contributed by atoms with Crippen LogP contribution in [0.4, 0.5) is 4.79 Å². The van der Waals surface area contributed by atoms with Crippen LogP contribution in [0.15, 0.2) is 60.7 Å². The lowest BCUT2D eigenvalue weighted by Gasteiger charge is -2.30. The third-order valence-electron chi connectivity index (χ3n) is 10.0. The highest BCUT2D eigenvalue weighted by molar-refractivity contribution is 5.96. The summed E-state index contributed by atoms with van der Waals surface area (Å²) in [6, 6.07) is 12.6. The molecule has 0 bridgehead atoms. The van der Waals surface area contributed by atoms with E-state index in [0.29, 0.717) is 12.8 Å². The number of ether oxygens (including phenoxy) is 4. The fourth-order valence-electron chi connectivity index (χ4n) is 6.85. The van der Waals surface area contributed by atoms with Gasteiger partial charge in [-0.1, -0.05) is 67.1 Å². The summed E-state index contributed by atoms with van der Waals surface area (Å²) in [5.74, 6) is -3.85. The molecule has 1 aliphatic carbocycles. The Hall–Kier alpha value is -5.51. The number of nitrogens with zero attached hydrogens (tertiary/aromatic N) is 1. The van der Waals surface area contributed by atoms with Crippen LogP contribution >= 0.6 is 0 Å². The van der Waals surface area contributed by atoms with Gasteiger partial charge in [0.15, 0.2) is 0 Å². The molecule has 1 aliphatic heterocycles. The lowest BCUT2D eigenvalue weighted by molar-refractivity contribution is -0.151. The Morgan fingerprint density at radius 3 is 1.98 bits per heavy atom. The summed E-state index contributed by atoms with van der Waals surface area (Å²) < 4.78 is 22.2. The molecule has 16 heteroatoms. The van der Waals surface area contributed by atoms with E-state index < -0.39 is 77.5 Å². The molecule has 4 rings (SSSR count). The van der Waals surface area contributed by atoms with Crippen LogP contribution in [0, 0.1) is 0 Å². The van der Waals surface area contributed by atoms with Gasteiger partial charge in [0, 0.05) is 13.0 Å².